The quantitative estimate of drug-likeness (QED) is 0.746. The topological polar surface area (TPSA) is 77.8 Å². The van der Waals surface area contributed by atoms with Crippen LogP contribution in [0.4, 0.5) is 5.00 Å². The Morgan fingerprint density at radius 1 is 1.25 bits per heavy atom. The summed E-state index contributed by atoms with van der Waals surface area (Å²) in [5, 5.41) is 4.60. The first-order chi connectivity index (χ1) is 9.69. The van der Waals surface area contributed by atoms with Gasteiger partial charge in [-0.25, -0.2) is 0 Å². The number of aryl methyl sites for hydroxylation is 1. The maximum absolute atomic E-state index is 5.88. The van der Waals surface area contributed by atoms with Crippen molar-refractivity contribution in [2.45, 2.75) is 11.8 Å². The minimum Gasteiger partial charge on any atom is -0.389 e. The molecule has 0 aliphatic carbocycles. The molecule has 0 fully saturated rings. The van der Waals surface area contributed by atoms with E-state index in [0.717, 1.165) is 16.8 Å². The Morgan fingerprint density at radius 3 is 2.60 bits per heavy atom. The molecule has 0 atom stereocenters. The third-order valence-electron chi connectivity index (χ3n) is 2.88. The van der Waals surface area contributed by atoms with Crippen LogP contribution < -0.4 is 5.73 Å². The molecule has 0 bridgehead atoms. The van der Waals surface area contributed by atoms with E-state index in [-0.39, 0.29) is 0 Å². The SMILES string of the molecule is CSc1ccc(-c2noc(-c3c(C)nsc3N)n2)cc1. The lowest BCUT2D eigenvalue weighted by Crippen LogP contribution is -1.86. The number of hydrogen-bond donors (Lipinski definition) is 1. The van der Waals surface area contributed by atoms with Gasteiger partial charge in [-0.05, 0) is 49.0 Å². The molecular weight excluding hydrogens is 292 g/mol. The summed E-state index contributed by atoms with van der Waals surface area (Å²) in [7, 11) is 0. The van der Waals surface area contributed by atoms with Crippen LogP contribution >= 0.6 is 23.3 Å². The molecule has 5 nitrogen and oxygen atoms in total. The van der Waals surface area contributed by atoms with Crippen LogP contribution in [0.3, 0.4) is 0 Å². The monoisotopic (exact) mass is 304 g/mol. The lowest BCUT2D eigenvalue weighted by Gasteiger charge is -1.96. The number of nitrogens with zero attached hydrogens (tertiary/aromatic N) is 3. The zero-order valence-electron chi connectivity index (χ0n) is 11.0. The molecule has 2 N–H and O–H groups in total. The van der Waals surface area contributed by atoms with E-state index in [1.165, 1.54) is 16.4 Å². The van der Waals surface area contributed by atoms with Crippen LogP contribution in [0, 0.1) is 6.92 Å². The van der Waals surface area contributed by atoms with Crippen LogP contribution in [-0.4, -0.2) is 20.8 Å². The molecule has 0 saturated carbocycles. The lowest BCUT2D eigenvalue weighted by molar-refractivity contribution is 0.432. The summed E-state index contributed by atoms with van der Waals surface area (Å²) in [4.78, 5) is 5.60. The van der Waals surface area contributed by atoms with Gasteiger partial charge in [0.1, 0.15) is 5.00 Å². The van der Waals surface area contributed by atoms with Crippen molar-refractivity contribution in [3.8, 4) is 22.8 Å². The molecule has 0 unspecified atom stereocenters. The Morgan fingerprint density at radius 2 is 2.00 bits per heavy atom. The van der Waals surface area contributed by atoms with Gasteiger partial charge < -0.3 is 10.3 Å². The van der Waals surface area contributed by atoms with Gasteiger partial charge in [0.15, 0.2) is 0 Å². The highest BCUT2D eigenvalue weighted by Gasteiger charge is 2.17. The molecule has 1 aromatic carbocycles. The zero-order chi connectivity index (χ0) is 14.1. The molecule has 20 heavy (non-hydrogen) atoms. The fourth-order valence-corrected chi connectivity index (χ4v) is 2.89. The summed E-state index contributed by atoms with van der Waals surface area (Å²) in [6.07, 6.45) is 2.04. The molecule has 2 heterocycles. The van der Waals surface area contributed by atoms with Crippen molar-refractivity contribution in [2.75, 3.05) is 12.0 Å². The van der Waals surface area contributed by atoms with E-state index in [1.54, 1.807) is 11.8 Å². The fourth-order valence-electron chi connectivity index (χ4n) is 1.83. The standard InChI is InChI=1S/C13H12N4OS2/c1-7-10(11(14)20-17-7)13-15-12(16-18-13)8-3-5-9(19-2)6-4-8/h3-6H,14H2,1-2H3. The maximum atomic E-state index is 5.88. The van der Waals surface area contributed by atoms with Gasteiger partial charge in [0, 0.05) is 10.5 Å². The van der Waals surface area contributed by atoms with Crippen LogP contribution in [0.25, 0.3) is 22.8 Å². The predicted molar refractivity (Wildman–Crippen MR) is 81.8 cm³/mol. The molecule has 0 aliphatic rings. The number of anilines is 1. The third kappa shape index (κ3) is 2.30. The molecule has 3 rings (SSSR count). The summed E-state index contributed by atoms with van der Waals surface area (Å²) in [6.45, 7) is 1.87. The number of benzene rings is 1. The second-order valence-corrected chi connectivity index (χ2v) is 5.84. The minimum atomic E-state index is 0.415. The molecule has 102 valence electrons. The van der Waals surface area contributed by atoms with Crippen molar-refractivity contribution >= 4 is 28.3 Å². The van der Waals surface area contributed by atoms with Crippen LogP contribution in [0.15, 0.2) is 33.7 Å². The normalized spacial score (nSPS) is 10.9. The molecule has 0 aliphatic heterocycles. The highest BCUT2D eigenvalue weighted by molar-refractivity contribution is 7.98. The number of hydrogen-bond acceptors (Lipinski definition) is 7. The van der Waals surface area contributed by atoms with Gasteiger partial charge >= 0.3 is 0 Å². The smallest absolute Gasteiger partial charge is 0.263 e. The molecule has 0 saturated heterocycles. The first-order valence-electron chi connectivity index (χ1n) is 5.89. The van der Waals surface area contributed by atoms with E-state index in [0.29, 0.717) is 16.7 Å². The summed E-state index contributed by atoms with van der Waals surface area (Å²) >= 11 is 2.93. The van der Waals surface area contributed by atoms with Crippen molar-refractivity contribution in [2.24, 2.45) is 0 Å². The molecule has 0 spiro atoms. The number of aromatic nitrogens is 3. The predicted octanol–water partition coefficient (Wildman–Crippen LogP) is 3.47. The summed E-state index contributed by atoms with van der Waals surface area (Å²) in [5.74, 6) is 0.968. The van der Waals surface area contributed by atoms with Crippen LogP contribution in [0.2, 0.25) is 0 Å². The molecule has 3 aromatic rings. The van der Waals surface area contributed by atoms with Crippen LogP contribution in [0.5, 0.6) is 0 Å². The summed E-state index contributed by atoms with van der Waals surface area (Å²) in [5.41, 5.74) is 8.34. The minimum absolute atomic E-state index is 0.415. The van der Waals surface area contributed by atoms with Gasteiger partial charge in [0.2, 0.25) is 5.82 Å². The lowest BCUT2D eigenvalue weighted by atomic mass is 10.2. The third-order valence-corrected chi connectivity index (χ3v) is 4.39. The van der Waals surface area contributed by atoms with E-state index >= 15 is 0 Å². The van der Waals surface area contributed by atoms with Gasteiger partial charge in [0.25, 0.3) is 5.89 Å². The first kappa shape index (κ1) is 13.1. The second kappa shape index (κ2) is 5.26. The van der Waals surface area contributed by atoms with E-state index in [4.69, 9.17) is 10.3 Å². The summed E-state index contributed by atoms with van der Waals surface area (Å²) in [6, 6.07) is 8.01. The molecular formula is C13H12N4OS2. The van der Waals surface area contributed by atoms with E-state index in [2.05, 4.69) is 14.5 Å². The van der Waals surface area contributed by atoms with Gasteiger partial charge in [-0.3, -0.25) is 0 Å². The largest absolute Gasteiger partial charge is 0.389 e. The van der Waals surface area contributed by atoms with Gasteiger partial charge in [-0.15, -0.1) is 11.8 Å². The van der Waals surface area contributed by atoms with Crippen LogP contribution in [0.1, 0.15) is 5.69 Å². The Labute approximate surface area is 124 Å². The Balaban J connectivity index is 1.97. The van der Waals surface area contributed by atoms with Gasteiger partial charge in [-0.2, -0.15) is 9.36 Å². The summed E-state index contributed by atoms with van der Waals surface area (Å²) < 4.78 is 9.49. The highest BCUT2D eigenvalue weighted by Crippen LogP contribution is 2.32. The number of nitrogens with two attached hydrogens (primary N) is 1. The van der Waals surface area contributed by atoms with Gasteiger partial charge in [-0.1, -0.05) is 5.16 Å². The van der Waals surface area contributed by atoms with E-state index in [9.17, 15) is 0 Å². The number of thioether (sulfide) groups is 1. The van der Waals surface area contributed by atoms with Crippen molar-refractivity contribution in [3.63, 3.8) is 0 Å². The average molecular weight is 304 g/mol. The number of nitrogen functional groups attached to an aromatic ring is 1. The first-order valence-corrected chi connectivity index (χ1v) is 7.89. The van der Waals surface area contributed by atoms with Gasteiger partial charge in [0.05, 0.1) is 11.3 Å². The number of rotatable bonds is 3. The fraction of sp³-hybridized carbons (Fsp3) is 0.154. The van der Waals surface area contributed by atoms with Crippen molar-refractivity contribution in [1.29, 1.82) is 0 Å². The molecule has 0 radical (unpaired) electrons. The average Bonchev–Trinajstić information content (AvgIpc) is 3.06. The Bertz CT molecular complexity index is 714. The molecule has 7 heteroatoms. The highest BCUT2D eigenvalue weighted by atomic mass is 32.2. The maximum Gasteiger partial charge on any atom is 0.263 e. The van der Waals surface area contributed by atoms with E-state index < -0.39 is 0 Å². The van der Waals surface area contributed by atoms with Crippen molar-refractivity contribution in [1.82, 2.24) is 14.5 Å². The second-order valence-electron chi connectivity index (χ2n) is 4.16. The van der Waals surface area contributed by atoms with Crippen molar-refractivity contribution < 1.29 is 4.52 Å². The van der Waals surface area contributed by atoms with Crippen molar-refractivity contribution in [3.05, 3.63) is 30.0 Å². The molecule has 2 aromatic heterocycles. The zero-order valence-corrected chi connectivity index (χ0v) is 12.6. The molecule has 0 amide bonds. The van der Waals surface area contributed by atoms with E-state index in [1.807, 2.05) is 37.4 Å². The Hall–Kier alpha value is -1.86. The van der Waals surface area contributed by atoms with Crippen LogP contribution in [-0.2, 0) is 0 Å². The Kier molecular flexibility index (Phi) is 3.45.